The first-order valence-electron chi connectivity index (χ1n) is 5.58. The monoisotopic (exact) mass is 235 g/mol. The number of aryl methyl sites for hydroxylation is 1. The molecule has 0 atom stereocenters. The minimum atomic E-state index is -0.638. The summed E-state index contributed by atoms with van der Waals surface area (Å²) in [5.74, 6) is -0.269. The number of nitrogens with two attached hydrogens (primary N) is 1. The van der Waals surface area contributed by atoms with E-state index in [-0.39, 0.29) is 5.56 Å². The molecule has 1 aromatic carbocycles. The van der Waals surface area contributed by atoms with Crippen molar-refractivity contribution in [2.45, 2.75) is 26.7 Å². The third-order valence-corrected chi connectivity index (χ3v) is 2.85. The largest absolute Gasteiger partial charge is 0.496 e. The molecule has 17 heavy (non-hydrogen) atoms. The summed E-state index contributed by atoms with van der Waals surface area (Å²) in [5, 5.41) is 0. The predicted octanol–water partition coefficient (Wildman–Crippen LogP) is 1.73. The second kappa shape index (κ2) is 5.48. The number of methoxy groups -OCH3 is 1. The summed E-state index contributed by atoms with van der Waals surface area (Å²) in [4.78, 5) is 22.6. The Morgan fingerprint density at radius 3 is 2.41 bits per heavy atom. The summed E-state index contributed by atoms with van der Waals surface area (Å²) in [6.07, 6.45) is 2.14. The highest BCUT2D eigenvalue weighted by Gasteiger charge is 2.20. The molecule has 0 bridgehead atoms. The number of primary amides is 1. The Balaban J connectivity index is 3.67. The van der Waals surface area contributed by atoms with Crippen molar-refractivity contribution in [1.82, 2.24) is 0 Å². The van der Waals surface area contributed by atoms with Gasteiger partial charge in [0.25, 0.3) is 5.91 Å². The Kier molecular flexibility index (Phi) is 4.26. The SMILES string of the molecule is CCc1cc(OC)c(C(N)=O)c(C=O)c1CC. The van der Waals surface area contributed by atoms with Crippen LogP contribution in [0.3, 0.4) is 0 Å². The lowest BCUT2D eigenvalue weighted by atomic mass is 9.92. The third kappa shape index (κ3) is 2.30. The molecule has 0 saturated heterocycles. The van der Waals surface area contributed by atoms with Gasteiger partial charge < -0.3 is 10.5 Å². The summed E-state index contributed by atoms with van der Waals surface area (Å²) in [5.41, 5.74) is 7.72. The van der Waals surface area contributed by atoms with Crippen molar-refractivity contribution in [2.75, 3.05) is 7.11 Å². The number of hydrogen-bond acceptors (Lipinski definition) is 3. The average Bonchev–Trinajstić information content (AvgIpc) is 2.35. The van der Waals surface area contributed by atoms with E-state index < -0.39 is 5.91 Å². The molecule has 92 valence electrons. The van der Waals surface area contributed by atoms with E-state index in [0.717, 1.165) is 17.5 Å². The maximum absolute atomic E-state index is 11.4. The van der Waals surface area contributed by atoms with Gasteiger partial charge in [0.2, 0.25) is 0 Å². The van der Waals surface area contributed by atoms with Gasteiger partial charge in [-0.05, 0) is 30.0 Å². The normalized spacial score (nSPS) is 10.1. The van der Waals surface area contributed by atoms with Crippen molar-refractivity contribution in [1.29, 1.82) is 0 Å². The van der Waals surface area contributed by atoms with Crippen LogP contribution in [0, 0.1) is 0 Å². The van der Waals surface area contributed by atoms with Crippen molar-refractivity contribution in [3.8, 4) is 5.75 Å². The second-order valence-electron chi connectivity index (χ2n) is 3.69. The van der Waals surface area contributed by atoms with Crippen molar-refractivity contribution < 1.29 is 14.3 Å². The molecular weight excluding hydrogens is 218 g/mol. The van der Waals surface area contributed by atoms with Crippen LogP contribution >= 0.6 is 0 Å². The van der Waals surface area contributed by atoms with Gasteiger partial charge in [0, 0.05) is 5.56 Å². The lowest BCUT2D eigenvalue weighted by Crippen LogP contribution is -2.17. The van der Waals surface area contributed by atoms with Crippen LogP contribution in [0.2, 0.25) is 0 Å². The van der Waals surface area contributed by atoms with Crippen molar-refractivity contribution >= 4 is 12.2 Å². The van der Waals surface area contributed by atoms with Crippen LogP contribution in [0.4, 0.5) is 0 Å². The summed E-state index contributed by atoms with van der Waals surface area (Å²) in [6.45, 7) is 3.94. The highest BCUT2D eigenvalue weighted by molar-refractivity contribution is 6.04. The van der Waals surface area contributed by atoms with Gasteiger partial charge in [-0.15, -0.1) is 0 Å². The number of rotatable bonds is 5. The molecule has 4 heteroatoms. The molecule has 2 N–H and O–H groups in total. The molecule has 1 aromatic rings. The molecule has 0 aliphatic rings. The topological polar surface area (TPSA) is 69.4 Å². The Morgan fingerprint density at radius 2 is 2.06 bits per heavy atom. The number of carbonyl (C=O) groups excluding carboxylic acids is 2. The smallest absolute Gasteiger partial charge is 0.253 e. The molecule has 0 aliphatic heterocycles. The first-order chi connectivity index (χ1) is 8.10. The quantitative estimate of drug-likeness (QED) is 0.790. The number of ether oxygens (including phenoxy) is 1. The number of benzene rings is 1. The molecule has 0 saturated carbocycles. The van der Waals surface area contributed by atoms with Crippen molar-refractivity contribution in [3.05, 3.63) is 28.3 Å². The van der Waals surface area contributed by atoms with Crippen LogP contribution in [0.1, 0.15) is 45.7 Å². The average molecular weight is 235 g/mol. The lowest BCUT2D eigenvalue weighted by molar-refractivity contribution is 0.0989. The Labute approximate surface area is 101 Å². The molecule has 0 radical (unpaired) electrons. The lowest BCUT2D eigenvalue weighted by Gasteiger charge is -2.15. The van der Waals surface area contributed by atoms with Crippen LogP contribution in [0.15, 0.2) is 6.07 Å². The summed E-state index contributed by atoms with van der Waals surface area (Å²) in [6, 6.07) is 1.78. The zero-order chi connectivity index (χ0) is 13.0. The van der Waals surface area contributed by atoms with E-state index in [4.69, 9.17) is 10.5 Å². The fraction of sp³-hybridized carbons (Fsp3) is 0.385. The minimum absolute atomic E-state index is 0.177. The van der Waals surface area contributed by atoms with Gasteiger partial charge >= 0.3 is 0 Å². The van der Waals surface area contributed by atoms with Crippen LogP contribution in [0.25, 0.3) is 0 Å². The number of aldehydes is 1. The van der Waals surface area contributed by atoms with Crippen LogP contribution in [-0.4, -0.2) is 19.3 Å². The highest BCUT2D eigenvalue weighted by atomic mass is 16.5. The van der Waals surface area contributed by atoms with Gasteiger partial charge in [0.1, 0.15) is 5.75 Å². The molecule has 0 heterocycles. The van der Waals surface area contributed by atoms with E-state index in [0.29, 0.717) is 24.0 Å². The molecule has 4 nitrogen and oxygen atoms in total. The Hall–Kier alpha value is -1.84. The highest BCUT2D eigenvalue weighted by Crippen LogP contribution is 2.28. The molecule has 1 rings (SSSR count). The van der Waals surface area contributed by atoms with Gasteiger partial charge in [-0.25, -0.2) is 0 Å². The zero-order valence-electron chi connectivity index (χ0n) is 10.4. The molecule has 1 amide bonds. The standard InChI is InChI=1S/C13H17NO3/c1-4-8-6-11(17-3)12(13(14)16)10(7-15)9(8)5-2/h6-7H,4-5H2,1-3H3,(H2,14,16). The molecular formula is C13H17NO3. The van der Waals surface area contributed by atoms with Gasteiger partial charge in [-0.1, -0.05) is 13.8 Å². The van der Waals surface area contributed by atoms with Crippen LogP contribution in [-0.2, 0) is 12.8 Å². The van der Waals surface area contributed by atoms with E-state index in [1.54, 1.807) is 6.07 Å². The maximum Gasteiger partial charge on any atom is 0.253 e. The summed E-state index contributed by atoms with van der Waals surface area (Å²) in [7, 11) is 1.46. The van der Waals surface area contributed by atoms with E-state index in [1.165, 1.54) is 7.11 Å². The van der Waals surface area contributed by atoms with Gasteiger partial charge in [-0.3, -0.25) is 9.59 Å². The van der Waals surface area contributed by atoms with Gasteiger partial charge in [0.15, 0.2) is 6.29 Å². The van der Waals surface area contributed by atoms with Crippen molar-refractivity contribution in [3.63, 3.8) is 0 Å². The molecule has 0 aromatic heterocycles. The van der Waals surface area contributed by atoms with E-state index in [9.17, 15) is 9.59 Å². The fourth-order valence-electron chi connectivity index (χ4n) is 2.05. The first-order valence-corrected chi connectivity index (χ1v) is 5.58. The first kappa shape index (κ1) is 13.2. The van der Waals surface area contributed by atoms with Gasteiger partial charge in [0.05, 0.1) is 12.7 Å². The van der Waals surface area contributed by atoms with Gasteiger partial charge in [-0.2, -0.15) is 0 Å². The molecule has 0 unspecified atom stereocenters. The number of carbonyl (C=O) groups is 2. The number of amides is 1. The fourth-order valence-corrected chi connectivity index (χ4v) is 2.05. The van der Waals surface area contributed by atoms with Crippen molar-refractivity contribution in [2.24, 2.45) is 5.73 Å². The molecule has 0 aliphatic carbocycles. The maximum atomic E-state index is 11.4. The number of hydrogen-bond donors (Lipinski definition) is 1. The van der Waals surface area contributed by atoms with E-state index in [1.807, 2.05) is 13.8 Å². The summed E-state index contributed by atoms with van der Waals surface area (Å²) < 4.78 is 5.13. The van der Waals surface area contributed by atoms with E-state index in [2.05, 4.69) is 0 Å². The molecule has 0 fully saturated rings. The minimum Gasteiger partial charge on any atom is -0.496 e. The summed E-state index contributed by atoms with van der Waals surface area (Å²) >= 11 is 0. The van der Waals surface area contributed by atoms with Crippen LogP contribution in [0.5, 0.6) is 5.75 Å². The van der Waals surface area contributed by atoms with E-state index >= 15 is 0 Å². The Morgan fingerprint density at radius 1 is 1.41 bits per heavy atom. The second-order valence-corrected chi connectivity index (χ2v) is 3.69. The predicted molar refractivity (Wildman–Crippen MR) is 65.7 cm³/mol. The third-order valence-electron chi connectivity index (χ3n) is 2.85. The Bertz CT molecular complexity index is 452. The van der Waals surface area contributed by atoms with Crippen LogP contribution < -0.4 is 10.5 Å². The zero-order valence-corrected chi connectivity index (χ0v) is 10.4. The molecule has 0 spiro atoms.